The molecule has 0 aliphatic heterocycles. The van der Waals surface area contributed by atoms with Crippen LogP contribution in [0.4, 0.5) is 10.2 Å². The first-order valence-corrected chi connectivity index (χ1v) is 5.07. The molecule has 3 nitrogen and oxygen atoms in total. The second-order valence-electron chi connectivity index (χ2n) is 3.64. The molecule has 1 heterocycles. The molecule has 0 unspecified atom stereocenters. The maximum absolute atomic E-state index is 13.5. The van der Waals surface area contributed by atoms with E-state index >= 15 is 0 Å². The Labute approximate surface area is 88.2 Å². The molecule has 0 saturated heterocycles. The molecule has 78 valence electrons. The van der Waals surface area contributed by atoms with Crippen molar-refractivity contribution in [3.63, 3.8) is 0 Å². The standard InChI is InChI=1S/C11H12FN3/c12-10-3-1-7-14-11(10)15(8-2-6-13)9-4-5-9/h1,3,7,9H,2,4-5,8H2. The molecule has 1 saturated carbocycles. The summed E-state index contributed by atoms with van der Waals surface area (Å²) >= 11 is 0. The van der Waals surface area contributed by atoms with Gasteiger partial charge in [-0.15, -0.1) is 0 Å². The Bertz CT molecular complexity index is 382. The zero-order valence-electron chi connectivity index (χ0n) is 8.36. The van der Waals surface area contributed by atoms with Gasteiger partial charge < -0.3 is 4.90 Å². The van der Waals surface area contributed by atoms with E-state index in [0.717, 1.165) is 12.8 Å². The van der Waals surface area contributed by atoms with E-state index < -0.39 is 0 Å². The quantitative estimate of drug-likeness (QED) is 0.755. The summed E-state index contributed by atoms with van der Waals surface area (Å²) in [7, 11) is 0. The van der Waals surface area contributed by atoms with Crippen molar-refractivity contribution in [3.8, 4) is 6.07 Å². The van der Waals surface area contributed by atoms with Gasteiger partial charge in [-0.05, 0) is 25.0 Å². The first-order chi connectivity index (χ1) is 7.33. The van der Waals surface area contributed by atoms with Crippen LogP contribution in [0.3, 0.4) is 0 Å². The molecule has 0 amide bonds. The Hall–Kier alpha value is -1.63. The van der Waals surface area contributed by atoms with Gasteiger partial charge in [0.25, 0.3) is 0 Å². The van der Waals surface area contributed by atoms with Gasteiger partial charge in [-0.2, -0.15) is 5.26 Å². The number of anilines is 1. The topological polar surface area (TPSA) is 39.9 Å². The van der Waals surface area contributed by atoms with Gasteiger partial charge in [0, 0.05) is 18.8 Å². The van der Waals surface area contributed by atoms with Gasteiger partial charge in [0.2, 0.25) is 0 Å². The molecule has 1 aromatic heterocycles. The smallest absolute Gasteiger partial charge is 0.165 e. The third kappa shape index (κ3) is 2.24. The summed E-state index contributed by atoms with van der Waals surface area (Å²) < 4.78 is 13.5. The highest BCUT2D eigenvalue weighted by molar-refractivity contribution is 5.42. The molecule has 4 heteroatoms. The van der Waals surface area contributed by atoms with Crippen molar-refractivity contribution in [1.82, 2.24) is 4.98 Å². The van der Waals surface area contributed by atoms with Gasteiger partial charge >= 0.3 is 0 Å². The number of hydrogen-bond acceptors (Lipinski definition) is 3. The molecule has 2 rings (SSSR count). The molecule has 0 aromatic carbocycles. The van der Waals surface area contributed by atoms with E-state index in [1.54, 1.807) is 12.3 Å². The number of aromatic nitrogens is 1. The van der Waals surface area contributed by atoms with Crippen LogP contribution in [0, 0.1) is 17.1 Å². The molecule has 0 radical (unpaired) electrons. The summed E-state index contributed by atoms with van der Waals surface area (Å²) in [4.78, 5) is 5.94. The summed E-state index contributed by atoms with van der Waals surface area (Å²) in [6.45, 7) is 0.565. The summed E-state index contributed by atoms with van der Waals surface area (Å²) in [5.41, 5.74) is 0. The fourth-order valence-corrected chi connectivity index (χ4v) is 1.61. The first-order valence-electron chi connectivity index (χ1n) is 5.07. The third-order valence-corrected chi connectivity index (χ3v) is 2.46. The highest BCUT2D eigenvalue weighted by Gasteiger charge is 2.30. The summed E-state index contributed by atoms with van der Waals surface area (Å²) in [6.07, 6.45) is 4.13. The monoisotopic (exact) mass is 205 g/mol. The lowest BCUT2D eigenvalue weighted by molar-refractivity contribution is 0.607. The predicted octanol–water partition coefficient (Wildman–Crippen LogP) is 2.10. The van der Waals surface area contributed by atoms with Crippen LogP contribution in [0.15, 0.2) is 18.3 Å². The summed E-state index contributed by atoms with van der Waals surface area (Å²) in [5, 5.41) is 8.54. The fourth-order valence-electron chi connectivity index (χ4n) is 1.61. The van der Waals surface area contributed by atoms with Gasteiger partial charge in [0.05, 0.1) is 12.5 Å². The molecule has 1 aliphatic carbocycles. The van der Waals surface area contributed by atoms with E-state index in [9.17, 15) is 4.39 Å². The Morgan fingerprint density at radius 1 is 1.60 bits per heavy atom. The van der Waals surface area contributed by atoms with E-state index in [-0.39, 0.29) is 5.82 Å². The molecule has 1 aliphatic rings. The van der Waals surface area contributed by atoms with Gasteiger partial charge in [0.15, 0.2) is 11.6 Å². The number of pyridine rings is 1. The number of nitriles is 1. The first kappa shape index (κ1) is 9.91. The number of rotatable bonds is 4. The molecule has 15 heavy (non-hydrogen) atoms. The minimum absolute atomic E-state index is 0.303. The van der Waals surface area contributed by atoms with E-state index in [2.05, 4.69) is 11.1 Å². The van der Waals surface area contributed by atoms with Crippen LogP contribution in [0.25, 0.3) is 0 Å². The highest BCUT2D eigenvalue weighted by Crippen LogP contribution is 2.31. The van der Waals surface area contributed by atoms with Gasteiger partial charge in [-0.25, -0.2) is 9.37 Å². The third-order valence-electron chi connectivity index (χ3n) is 2.46. The van der Waals surface area contributed by atoms with Crippen molar-refractivity contribution in [3.05, 3.63) is 24.1 Å². The van der Waals surface area contributed by atoms with Gasteiger partial charge in [-0.3, -0.25) is 0 Å². The van der Waals surface area contributed by atoms with E-state index in [1.807, 2.05) is 4.90 Å². The van der Waals surface area contributed by atoms with Crippen LogP contribution in [0.5, 0.6) is 0 Å². The SMILES string of the molecule is N#CCCN(c1ncccc1F)C1CC1. The van der Waals surface area contributed by atoms with Crippen LogP contribution in [0.1, 0.15) is 19.3 Å². The normalized spacial score (nSPS) is 14.7. The zero-order chi connectivity index (χ0) is 10.7. The number of nitrogens with zero attached hydrogens (tertiary/aromatic N) is 3. The second kappa shape index (κ2) is 4.26. The van der Waals surface area contributed by atoms with Crippen LogP contribution < -0.4 is 4.90 Å². The average molecular weight is 205 g/mol. The second-order valence-corrected chi connectivity index (χ2v) is 3.64. The number of halogens is 1. The zero-order valence-corrected chi connectivity index (χ0v) is 8.36. The van der Waals surface area contributed by atoms with Crippen molar-refractivity contribution in [1.29, 1.82) is 5.26 Å². The molecule has 0 spiro atoms. The molecular formula is C11H12FN3. The molecular weight excluding hydrogens is 193 g/mol. The molecule has 0 atom stereocenters. The maximum Gasteiger partial charge on any atom is 0.165 e. The van der Waals surface area contributed by atoms with Gasteiger partial charge in [0.1, 0.15) is 0 Å². The Kier molecular flexibility index (Phi) is 2.82. The molecule has 0 N–H and O–H groups in total. The van der Waals surface area contributed by atoms with Crippen molar-refractivity contribution >= 4 is 5.82 Å². The van der Waals surface area contributed by atoms with Crippen molar-refractivity contribution < 1.29 is 4.39 Å². The lowest BCUT2D eigenvalue weighted by Gasteiger charge is -2.22. The lowest BCUT2D eigenvalue weighted by Crippen LogP contribution is -2.28. The van der Waals surface area contributed by atoms with Crippen LogP contribution >= 0.6 is 0 Å². The predicted molar refractivity (Wildman–Crippen MR) is 54.8 cm³/mol. The van der Waals surface area contributed by atoms with Crippen molar-refractivity contribution in [2.75, 3.05) is 11.4 Å². The Morgan fingerprint density at radius 2 is 2.40 bits per heavy atom. The van der Waals surface area contributed by atoms with E-state index in [0.29, 0.717) is 24.8 Å². The molecule has 0 bridgehead atoms. The Morgan fingerprint density at radius 3 is 3.00 bits per heavy atom. The van der Waals surface area contributed by atoms with E-state index in [4.69, 9.17) is 5.26 Å². The summed E-state index contributed by atoms with van der Waals surface area (Å²) in [5.74, 6) is 0.0811. The lowest BCUT2D eigenvalue weighted by atomic mass is 10.3. The van der Waals surface area contributed by atoms with Crippen molar-refractivity contribution in [2.45, 2.75) is 25.3 Å². The van der Waals surface area contributed by atoms with Crippen LogP contribution in [-0.4, -0.2) is 17.6 Å². The number of hydrogen-bond donors (Lipinski definition) is 0. The fraction of sp³-hybridized carbons (Fsp3) is 0.455. The minimum Gasteiger partial charge on any atom is -0.350 e. The van der Waals surface area contributed by atoms with Crippen molar-refractivity contribution in [2.24, 2.45) is 0 Å². The Balaban J connectivity index is 2.17. The molecule has 1 aromatic rings. The highest BCUT2D eigenvalue weighted by atomic mass is 19.1. The van der Waals surface area contributed by atoms with Crippen LogP contribution in [0.2, 0.25) is 0 Å². The summed E-state index contributed by atoms with van der Waals surface area (Å²) in [6, 6.07) is 5.44. The minimum atomic E-state index is -0.303. The van der Waals surface area contributed by atoms with Gasteiger partial charge in [-0.1, -0.05) is 0 Å². The largest absolute Gasteiger partial charge is 0.350 e. The molecule has 1 fully saturated rings. The van der Waals surface area contributed by atoms with Crippen LogP contribution in [-0.2, 0) is 0 Å². The maximum atomic E-state index is 13.5. The average Bonchev–Trinajstić information content (AvgIpc) is 3.05. The van der Waals surface area contributed by atoms with E-state index in [1.165, 1.54) is 6.07 Å².